The molecule has 0 aliphatic heterocycles. The van der Waals surface area contributed by atoms with Gasteiger partial charge in [0.2, 0.25) is 0 Å². The Morgan fingerprint density at radius 3 is 2.65 bits per heavy atom. The summed E-state index contributed by atoms with van der Waals surface area (Å²) in [7, 11) is 0. The fourth-order valence-corrected chi connectivity index (χ4v) is 1.78. The first kappa shape index (κ1) is 13.7. The van der Waals surface area contributed by atoms with Crippen LogP contribution < -0.4 is 0 Å². The van der Waals surface area contributed by atoms with Crippen molar-refractivity contribution in [3.05, 3.63) is 65.7 Å². The molecule has 0 saturated carbocycles. The Balaban J connectivity index is 2.10. The van der Waals surface area contributed by atoms with E-state index in [-0.39, 0.29) is 23.7 Å². The molecule has 0 fully saturated rings. The van der Waals surface area contributed by atoms with Crippen LogP contribution in [-0.4, -0.2) is 16.2 Å². The van der Waals surface area contributed by atoms with E-state index in [4.69, 9.17) is 4.74 Å². The van der Waals surface area contributed by atoms with Crippen molar-refractivity contribution in [2.75, 3.05) is 0 Å². The Hall–Kier alpha value is -2.75. The zero-order valence-electron chi connectivity index (χ0n) is 10.7. The van der Waals surface area contributed by atoms with Crippen LogP contribution in [0.5, 0.6) is 11.5 Å². The molecule has 102 valence electrons. The van der Waals surface area contributed by atoms with E-state index in [2.05, 4.69) is 6.58 Å². The van der Waals surface area contributed by atoms with Crippen LogP contribution in [0.4, 0.5) is 0 Å². The molecule has 0 saturated heterocycles. The molecule has 0 aliphatic carbocycles. The molecule has 4 heteroatoms. The van der Waals surface area contributed by atoms with Gasteiger partial charge in [0.05, 0.1) is 0 Å². The first-order chi connectivity index (χ1) is 9.61. The van der Waals surface area contributed by atoms with Gasteiger partial charge >= 0.3 is 5.97 Å². The highest BCUT2D eigenvalue weighted by Gasteiger charge is 2.13. The number of carbonyl (C=O) groups is 1. The van der Waals surface area contributed by atoms with E-state index in [9.17, 15) is 15.0 Å². The smallest absolute Gasteiger partial charge is 0.342 e. The van der Waals surface area contributed by atoms with Gasteiger partial charge in [-0.05, 0) is 23.3 Å². The van der Waals surface area contributed by atoms with Crippen LogP contribution in [0.15, 0.2) is 49.0 Å². The zero-order valence-corrected chi connectivity index (χ0v) is 10.7. The number of phenolic OH excluding ortho intramolecular Hbond substituents is 2. The molecule has 2 aromatic rings. The van der Waals surface area contributed by atoms with Crippen LogP contribution in [0.2, 0.25) is 0 Å². The van der Waals surface area contributed by atoms with Crippen molar-refractivity contribution in [3.63, 3.8) is 0 Å². The molecular weight excluding hydrogens is 256 g/mol. The molecule has 4 nitrogen and oxygen atoms in total. The Morgan fingerprint density at radius 2 is 1.95 bits per heavy atom. The highest BCUT2D eigenvalue weighted by Crippen LogP contribution is 2.23. The fourth-order valence-electron chi connectivity index (χ4n) is 1.78. The minimum absolute atomic E-state index is 0.0129. The molecule has 2 rings (SSSR count). The number of rotatable bonds is 4. The van der Waals surface area contributed by atoms with Crippen LogP contribution in [0.3, 0.4) is 0 Å². The first-order valence-electron chi connectivity index (χ1n) is 6.01. The third-order valence-electron chi connectivity index (χ3n) is 2.84. The SMILES string of the molecule is C=Cc1ccccc1COC(=O)c1ccc(O)cc1O. The summed E-state index contributed by atoms with van der Waals surface area (Å²) in [6.07, 6.45) is 1.68. The van der Waals surface area contributed by atoms with Crippen molar-refractivity contribution in [2.24, 2.45) is 0 Å². The van der Waals surface area contributed by atoms with Gasteiger partial charge in [0.15, 0.2) is 0 Å². The van der Waals surface area contributed by atoms with E-state index in [1.807, 2.05) is 24.3 Å². The van der Waals surface area contributed by atoms with E-state index in [1.54, 1.807) is 6.08 Å². The number of ether oxygens (including phenoxy) is 1. The van der Waals surface area contributed by atoms with Crippen molar-refractivity contribution >= 4 is 12.0 Å². The van der Waals surface area contributed by atoms with Gasteiger partial charge in [0.1, 0.15) is 23.7 Å². The maximum Gasteiger partial charge on any atom is 0.342 e. The lowest BCUT2D eigenvalue weighted by atomic mass is 10.1. The van der Waals surface area contributed by atoms with Gasteiger partial charge in [-0.15, -0.1) is 0 Å². The molecule has 2 aromatic carbocycles. The van der Waals surface area contributed by atoms with Gasteiger partial charge in [0, 0.05) is 6.07 Å². The van der Waals surface area contributed by atoms with Crippen molar-refractivity contribution < 1.29 is 19.7 Å². The average molecular weight is 270 g/mol. The summed E-state index contributed by atoms with van der Waals surface area (Å²) in [6, 6.07) is 11.1. The largest absolute Gasteiger partial charge is 0.508 e. The van der Waals surface area contributed by atoms with E-state index in [0.717, 1.165) is 17.2 Å². The molecule has 0 unspecified atom stereocenters. The number of aromatic hydroxyl groups is 2. The quantitative estimate of drug-likeness (QED) is 0.838. The van der Waals surface area contributed by atoms with E-state index in [1.165, 1.54) is 12.1 Å². The van der Waals surface area contributed by atoms with E-state index in [0.29, 0.717) is 0 Å². The molecule has 0 atom stereocenters. The minimum Gasteiger partial charge on any atom is -0.508 e. The van der Waals surface area contributed by atoms with Crippen LogP contribution >= 0.6 is 0 Å². The molecule has 0 aliphatic rings. The van der Waals surface area contributed by atoms with Crippen molar-refractivity contribution in [1.82, 2.24) is 0 Å². The third-order valence-corrected chi connectivity index (χ3v) is 2.84. The first-order valence-corrected chi connectivity index (χ1v) is 6.01. The van der Waals surface area contributed by atoms with Gasteiger partial charge in [-0.3, -0.25) is 0 Å². The summed E-state index contributed by atoms with van der Waals surface area (Å²) < 4.78 is 5.15. The van der Waals surface area contributed by atoms with Gasteiger partial charge in [-0.2, -0.15) is 0 Å². The second-order valence-electron chi connectivity index (χ2n) is 4.18. The number of carbonyl (C=O) groups excluding carboxylic acids is 1. The normalized spacial score (nSPS) is 10.0. The van der Waals surface area contributed by atoms with Crippen molar-refractivity contribution in [3.8, 4) is 11.5 Å². The fraction of sp³-hybridized carbons (Fsp3) is 0.0625. The average Bonchev–Trinajstić information content (AvgIpc) is 2.45. The van der Waals surface area contributed by atoms with Gasteiger partial charge in [0.25, 0.3) is 0 Å². The Morgan fingerprint density at radius 1 is 1.20 bits per heavy atom. The molecule has 0 amide bonds. The lowest BCUT2D eigenvalue weighted by Gasteiger charge is -2.08. The standard InChI is InChI=1S/C16H14O4/c1-2-11-5-3-4-6-12(11)10-20-16(19)14-8-7-13(17)9-15(14)18/h2-9,17-18H,1,10H2. The number of benzene rings is 2. The Bertz CT molecular complexity index is 647. The molecule has 0 radical (unpaired) electrons. The third kappa shape index (κ3) is 2.98. The van der Waals surface area contributed by atoms with Gasteiger partial charge in [-0.25, -0.2) is 4.79 Å². The lowest BCUT2D eigenvalue weighted by Crippen LogP contribution is -2.06. The Labute approximate surface area is 116 Å². The highest BCUT2D eigenvalue weighted by atomic mass is 16.5. The monoisotopic (exact) mass is 270 g/mol. The summed E-state index contributed by atoms with van der Waals surface area (Å²) >= 11 is 0. The molecular formula is C16H14O4. The second kappa shape index (κ2) is 5.93. The van der Waals surface area contributed by atoms with Crippen molar-refractivity contribution in [1.29, 1.82) is 0 Å². The predicted molar refractivity (Wildman–Crippen MR) is 75.4 cm³/mol. The summed E-state index contributed by atoms with van der Waals surface area (Å²) in [5, 5.41) is 18.8. The van der Waals surface area contributed by atoms with Crippen LogP contribution in [-0.2, 0) is 11.3 Å². The summed E-state index contributed by atoms with van der Waals surface area (Å²) in [6.45, 7) is 3.78. The van der Waals surface area contributed by atoms with E-state index >= 15 is 0 Å². The van der Waals surface area contributed by atoms with Gasteiger partial charge < -0.3 is 14.9 Å². The molecule has 20 heavy (non-hydrogen) atoms. The summed E-state index contributed by atoms with van der Waals surface area (Å²) in [5.41, 5.74) is 1.73. The number of phenols is 2. The number of esters is 1. The van der Waals surface area contributed by atoms with E-state index < -0.39 is 5.97 Å². The molecule has 2 N–H and O–H groups in total. The van der Waals surface area contributed by atoms with Crippen LogP contribution in [0.1, 0.15) is 21.5 Å². The molecule has 0 spiro atoms. The lowest BCUT2D eigenvalue weighted by molar-refractivity contribution is 0.0469. The predicted octanol–water partition coefficient (Wildman–Crippen LogP) is 3.10. The highest BCUT2D eigenvalue weighted by molar-refractivity contribution is 5.92. The van der Waals surface area contributed by atoms with Crippen LogP contribution in [0, 0.1) is 0 Å². The van der Waals surface area contributed by atoms with Crippen molar-refractivity contribution in [2.45, 2.75) is 6.61 Å². The summed E-state index contributed by atoms with van der Waals surface area (Å²) in [5.74, 6) is -1.08. The van der Waals surface area contributed by atoms with Crippen LogP contribution in [0.25, 0.3) is 6.08 Å². The molecule has 0 aromatic heterocycles. The number of hydrogen-bond donors (Lipinski definition) is 2. The molecule has 0 bridgehead atoms. The maximum absolute atomic E-state index is 11.9. The maximum atomic E-state index is 11.9. The molecule has 0 heterocycles. The van der Waals surface area contributed by atoms with Gasteiger partial charge in [-0.1, -0.05) is 36.9 Å². The second-order valence-corrected chi connectivity index (χ2v) is 4.18. The summed E-state index contributed by atoms with van der Waals surface area (Å²) in [4.78, 5) is 11.9. The number of hydrogen-bond acceptors (Lipinski definition) is 4. The minimum atomic E-state index is -0.652. The Kier molecular flexibility index (Phi) is 4.05. The topological polar surface area (TPSA) is 66.8 Å². The zero-order chi connectivity index (χ0) is 14.5.